The fourth-order valence-electron chi connectivity index (χ4n) is 3.77. The quantitative estimate of drug-likeness (QED) is 0.539. The van der Waals surface area contributed by atoms with Crippen molar-refractivity contribution >= 4 is 11.6 Å². The summed E-state index contributed by atoms with van der Waals surface area (Å²) in [5, 5.41) is 11.3. The number of aromatic nitrogens is 2. The maximum absolute atomic E-state index is 12.5. The molecule has 1 aromatic carbocycles. The van der Waals surface area contributed by atoms with Gasteiger partial charge in [-0.2, -0.15) is 0 Å². The lowest BCUT2D eigenvalue weighted by Crippen LogP contribution is -3.28. The van der Waals surface area contributed by atoms with Gasteiger partial charge in [-0.3, -0.25) is 4.79 Å². The minimum atomic E-state index is 0.0702. The van der Waals surface area contributed by atoms with E-state index in [4.69, 9.17) is 8.83 Å². The van der Waals surface area contributed by atoms with Crippen LogP contribution in [-0.2, 0) is 11.3 Å². The van der Waals surface area contributed by atoms with Gasteiger partial charge in [-0.25, -0.2) is 0 Å². The molecule has 0 saturated carbocycles. The van der Waals surface area contributed by atoms with Crippen molar-refractivity contribution in [3.05, 3.63) is 53.6 Å². The monoisotopic (exact) mass is 397 g/mol. The van der Waals surface area contributed by atoms with Crippen LogP contribution in [0.4, 0.5) is 5.69 Å². The fourth-order valence-corrected chi connectivity index (χ4v) is 3.77. The van der Waals surface area contributed by atoms with Gasteiger partial charge in [-0.05, 0) is 37.1 Å². The Morgan fingerprint density at radius 2 is 1.76 bits per heavy atom. The Labute approximate surface area is 169 Å². The first-order valence-corrected chi connectivity index (χ1v) is 9.98. The third-order valence-corrected chi connectivity index (χ3v) is 5.42. The molecule has 1 aliphatic rings. The van der Waals surface area contributed by atoms with Crippen LogP contribution < -0.4 is 15.1 Å². The summed E-state index contributed by atoms with van der Waals surface area (Å²) in [6.45, 7) is 9.02. The van der Waals surface area contributed by atoms with Crippen molar-refractivity contribution in [2.75, 3.05) is 38.0 Å². The summed E-state index contributed by atoms with van der Waals surface area (Å²) < 4.78 is 11.0. The van der Waals surface area contributed by atoms with Crippen molar-refractivity contribution in [1.82, 2.24) is 10.2 Å². The molecule has 3 N–H and O–H groups in total. The molecule has 1 aliphatic heterocycles. The Morgan fingerprint density at radius 3 is 2.45 bits per heavy atom. The number of para-hydroxylation sites is 1. The van der Waals surface area contributed by atoms with Crippen LogP contribution in [0.3, 0.4) is 0 Å². The minimum Gasteiger partial charge on any atom is -0.459 e. The zero-order valence-electron chi connectivity index (χ0n) is 16.8. The summed E-state index contributed by atoms with van der Waals surface area (Å²) in [7, 11) is 0. The van der Waals surface area contributed by atoms with E-state index in [1.54, 1.807) is 18.4 Å². The fraction of sp³-hybridized carbons (Fsp3) is 0.381. The molecule has 8 heteroatoms. The topological polar surface area (TPSA) is 90.0 Å². The van der Waals surface area contributed by atoms with Crippen molar-refractivity contribution in [2.45, 2.75) is 20.4 Å². The molecule has 0 bridgehead atoms. The van der Waals surface area contributed by atoms with E-state index < -0.39 is 0 Å². The number of carbonyl (C=O) groups excluding carboxylic acids is 1. The second-order valence-corrected chi connectivity index (χ2v) is 7.65. The van der Waals surface area contributed by atoms with Crippen molar-refractivity contribution in [3.8, 4) is 11.7 Å². The first kappa shape index (κ1) is 19.4. The van der Waals surface area contributed by atoms with E-state index in [2.05, 4.69) is 15.5 Å². The average molecular weight is 397 g/mol. The van der Waals surface area contributed by atoms with Gasteiger partial charge in [0.1, 0.15) is 26.2 Å². The van der Waals surface area contributed by atoms with E-state index in [0.29, 0.717) is 30.6 Å². The summed E-state index contributed by atoms with van der Waals surface area (Å²) >= 11 is 0. The number of aryl methyl sites for hydroxylation is 2. The molecule has 2 aromatic heterocycles. The molecule has 1 fully saturated rings. The summed E-state index contributed by atoms with van der Waals surface area (Å²) in [4.78, 5) is 15.2. The molecule has 4 rings (SSSR count). The van der Waals surface area contributed by atoms with Gasteiger partial charge in [0.2, 0.25) is 0 Å². The van der Waals surface area contributed by atoms with Gasteiger partial charge in [-0.15, -0.1) is 10.2 Å². The molecule has 29 heavy (non-hydrogen) atoms. The molecule has 3 heterocycles. The van der Waals surface area contributed by atoms with Crippen LogP contribution in [0, 0.1) is 13.8 Å². The zero-order chi connectivity index (χ0) is 20.2. The minimum absolute atomic E-state index is 0.0702. The van der Waals surface area contributed by atoms with Crippen molar-refractivity contribution < 1.29 is 23.4 Å². The highest BCUT2D eigenvalue weighted by Crippen LogP contribution is 2.19. The molecular weight excluding hydrogens is 370 g/mol. The summed E-state index contributed by atoms with van der Waals surface area (Å²) in [6, 6.07) is 9.65. The van der Waals surface area contributed by atoms with Crippen LogP contribution in [0.15, 0.2) is 45.4 Å². The average Bonchev–Trinajstić information content (AvgIpc) is 3.38. The Hall–Kier alpha value is -2.97. The van der Waals surface area contributed by atoms with Crippen molar-refractivity contribution in [2.24, 2.45) is 0 Å². The molecule has 1 saturated heterocycles. The number of nitrogens with zero attached hydrogens (tertiary/aromatic N) is 2. The zero-order valence-corrected chi connectivity index (χ0v) is 16.8. The standard InChI is InChI=1S/C21H25N5O3/c1-15-5-3-6-16(2)20(15)22-18(27)13-25-8-10-26(11-9-25)14-19-23-24-21(29-19)17-7-4-12-28-17/h3-7,12H,8-11,13-14H2,1-2H3,(H,22,27)/p+2. The normalized spacial score (nSPS) is 19.2. The van der Waals surface area contributed by atoms with Crippen LogP contribution >= 0.6 is 0 Å². The van der Waals surface area contributed by atoms with Crippen LogP contribution in [0.2, 0.25) is 0 Å². The van der Waals surface area contributed by atoms with Gasteiger partial charge in [0.25, 0.3) is 17.7 Å². The van der Waals surface area contributed by atoms with Gasteiger partial charge < -0.3 is 24.0 Å². The third kappa shape index (κ3) is 4.72. The lowest BCUT2D eigenvalue weighted by atomic mass is 10.1. The molecule has 0 unspecified atom stereocenters. The van der Waals surface area contributed by atoms with Crippen LogP contribution in [0.5, 0.6) is 0 Å². The number of piperazine rings is 1. The molecule has 0 atom stereocenters. The molecular formula is C21H27N5O3+2. The number of nitrogens with one attached hydrogen (secondary N) is 3. The number of quaternary nitrogens is 2. The van der Waals surface area contributed by atoms with E-state index in [1.807, 2.05) is 32.0 Å². The molecule has 1 amide bonds. The number of carbonyl (C=O) groups is 1. The first-order valence-electron chi connectivity index (χ1n) is 9.98. The molecule has 0 radical (unpaired) electrons. The van der Waals surface area contributed by atoms with E-state index in [0.717, 1.165) is 43.0 Å². The molecule has 8 nitrogen and oxygen atoms in total. The second kappa shape index (κ2) is 8.59. The van der Waals surface area contributed by atoms with Crippen LogP contribution in [-0.4, -0.2) is 48.8 Å². The highest BCUT2D eigenvalue weighted by Gasteiger charge is 2.26. The number of rotatable bonds is 6. The maximum atomic E-state index is 12.5. The number of hydrogen-bond donors (Lipinski definition) is 3. The van der Waals surface area contributed by atoms with Gasteiger partial charge in [0.05, 0.1) is 6.26 Å². The van der Waals surface area contributed by atoms with Crippen LogP contribution in [0.25, 0.3) is 11.7 Å². The number of anilines is 1. The summed E-state index contributed by atoms with van der Waals surface area (Å²) in [5.74, 6) is 1.68. The van der Waals surface area contributed by atoms with E-state index >= 15 is 0 Å². The number of furan rings is 1. The summed E-state index contributed by atoms with van der Waals surface area (Å²) in [5.41, 5.74) is 3.12. The lowest BCUT2D eigenvalue weighted by molar-refractivity contribution is -1.02. The summed E-state index contributed by atoms with van der Waals surface area (Å²) in [6.07, 6.45) is 1.59. The third-order valence-electron chi connectivity index (χ3n) is 5.42. The number of benzene rings is 1. The highest BCUT2D eigenvalue weighted by atomic mass is 16.4. The molecule has 0 aliphatic carbocycles. The van der Waals surface area contributed by atoms with E-state index in [-0.39, 0.29) is 5.91 Å². The number of amides is 1. The van der Waals surface area contributed by atoms with Crippen molar-refractivity contribution in [3.63, 3.8) is 0 Å². The van der Waals surface area contributed by atoms with Gasteiger partial charge in [-0.1, -0.05) is 18.2 Å². The highest BCUT2D eigenvalue weighted by molar-refractivity contribution is 5.93. The van der Waals surface area contributed by atoms with E-state index in [9.17, 15) is 4.79 Å². The van der Waals surface area contributed by atoms with E-state index in [1.165, 1.54) is 9.80 Å². The lowest BCUT2D eigenvalue weighted by Gasteiger charge is -2.28. The predicted molar refractivity (Wildman–Crippen MR) is 107 cm³/mol. The Bertz CT molecular complexity index is 938. The first-order chi connectivity index (χ1) is 14.1. The Kier molecular flexibility index (Phi) is 5.73. The largest absolute Gasteiger partial charge is 0.459 e. The van der Waals surface area contributed by atoms with Crippen LogP contribution in [0.1, 0.15) is 17.0 Å². The molecule has 3 aromatic rings. The second-order valence-electron chi connectivity index (χ2n) is 7.65. The van der Waals surface area contributed by atoms with Gasteiger partial charge in [0.15, 0.2) is 18.8 Å². The molecule has 152 valence electrons. The Balaban J connectivity index is 1.25. The SMILES string of the molecule is Cc1cccc(C)c1NC(=O)C[NH+]1CC[NH+](Cc2nnc(-c3ccco3)o2)CC1. The van der Waals surface area contributed by atoms with Crippen molar-refractivity contribution in [1.29, 1.82) is 0 Å². The Morgan fingerprint density at radius 1 is 1.03 bits per heavy atom. The predicted octanol–water partition coefficient (Wildman–Crippen LogP) is -0.131. The van der Waals surface area contributed by atoms with Gasteiger partial charge >= 0.3 is 0 Å². The maximum Gasteiger partial charge on any atom is 0.283 e. The molecule has 0 spiro atoms. The van der Waals surface area contributed by atoms with Gasteiger partial charge in [0, 0.05) is 5.69 Å². The number of hydrogen-bond acceptors (Lipinski definition) is 5. The smallest absolute Gasteiger partial charge is 0.283 e.